The molecule has 4 nitrogen and oxygen atoms in total. The molecule has 0 amide bonds. The maximum atomic E-state index is 13.9. The molecule has 0 aromatic rings. The van der Waals surface area contributed by atoms with Gasteiger partial charge in [0.05, 0.1) is 0 Å². The van der Waals surface area contributed by atoms with Crippen LogP contribution in [0.3, 0.4) is 0 Å². The zero-order valence-electron chi connectivity index (χ0n) is 26.0. The first-order valence-electron chi connectivity index (χ1n) is 14.5. The summed E-state index contributed by atoms with van der Waals surface area (Å²) in [5.41, 5.74) is 0. The number of hydrogen-bond donors (Lipinski definition) is 0. The number of alkyl halides is 19. The second kappa shape index (κ2) is 18.6. The molecule has 0 aliphatic heterocycles. The number of ether oxygens (including phenoxy) is 2. The number of unbranched alkanes of at least 4 members (excludes halogenated alkanes) is 8. The van der Waals surface area contributed by atoms with Crippen molar-refractivity contribution >= 4 is 33.5 Å². The minimum absolute atomic E-state index is 0.00948. The monoisotopic (exact) mass is 832 g/mol. The van der Waals surface area contributed by atoms with Gasteiger partial charge in [-0.1, -0.05) is 79.9 Å². The van der Waals surface area contributed by atoms with Gasteiger partial charge in [-0.2, -0.15) is 83.4 Å². The van der Waals surface area contributed by atoms with E-state index in [1.54, 1.807) is 0 Å². The first kappa shape index (κ1) is 49.3. The fourth-order valence-electron chi connectivity index (χ4n) is 3.71. The lowest BCUT2D eigenvalue weighted by atomic mass is 9.87. The molecule has 0 aliphatic carbocycles. The highest BCUT2D eigenvalue weighted by Crippen LogP contribution is 2.65. The molecule has 51 heavy (non-hydrogen) atoms. The van der Waals surface area contributed by atoms with Gasteiger partial charge in [-0.15, -0.1) is 0 Å². The Morgan fingerprint density at radius 1 is 0.451 bits per heavy atom. The quantitative estimate of drug-likeness (QED) is 0.0395. The van der Waals surface area contributed by atoms with E-state index in [0.29, 0.717) is 17.2 Å². The molecule has 0 N–H and O–H groups in total. The van der Waals surface area contributed by atoms with Crippen LogP contribution in [0.5, 0.6) is 0 Å². The fraction of sp³-hybridized carbons (Fsp3) is 0.923. The second-order valence-corrected chi connectivity index (χ2v) is 13.4. The predicted molar refractivity (Wildman–Crippen MR) is 144 cm³/mol. The Morgan fingerprint density at radius 3 is 1.18 bits per heavy atom. The maximum Gasteiger partial charge on any atom is 0.460 e. The van der Waals surface area contributed by atoms with E-state index >= 15 is 0 Å². The van der Waals surface area contributed by atoms with Crippen LogP contribution in [0.4, 0.5) is 83.4 Å². The van der Waals surface area contributed by atoms with Crippen LogP contribution >= 0.6 is 21.6 Å². The van der Waals surface area contributed by atoms with E-state index in [0.717, 1.165) is 62.2 Å². The largest absolute Gasteiger partial charge is 0.465 e. The van der Waals surface area contributed by atoms with Crippen LogP contribution in [0.25, 0.3) is 0 Å². The summed E-state index contributed by atoms with van der Waals surface area (Å²) >= 11 is 0. The molecule has 0 heterocycles. The number of hydrogen-bond acceptors (Lipinski definition) is 6. The standard InChI is InChI=1S/C26H31F19O4S2/c1-2-3-4-5-6-7-8-9-10-11-16(46)48-12-14-50-51-15-13-49-17(47)18(27,28)19(29,30)20(31,32)21(33,34)22(35,36)23(37,38)24(39,40)25(41,42)26(43,44)45/h2-15H2,1H3. The van der Waals surface area contributed by atoms with Crippen LogP contribution in [0.2, 0.25) is 0 Å². The molecule has 0 unspecified atom stereocenters. The summed E-state index contributed by atoms with van der Waals surface area (Å²) in [5, 5.41) is 0. The highest BCUT2D eigenvalue weighted by atomic mass is 33.1. The van der Waals surface area contributed by atoms with Gasteiger partial charge in [0.25, 0.3) is 0 Å². The minimum Gasteiger partial charge on any atom is -0.465 e. The third kappa shape index (κ3) is 10.7. The van der Waals surface area contributed by atoms with Crippen molar-refractivity contribution in [3.63, 3.8) is 0 Å². The van der Waals surface area contributed by atoms with Crippen molar-refractivity contribution in [3.05, 3.63) is 0 Å². The van der Waals surface area contributed by atoms with Crippen molar-refractivity contribution in [3.8, 4) is 0 Å². The van der Waals surface area contributed by atoms with Gasteiger partial charge in [-0.05, 0) is 6.42 Å². The zero-order valence-corrected chi connectivity index (χ0v) is 27.7. The van der Waals surface area contributed by atoms with Gasteiger partial charge in [0.1, 0.15) is 13.2 Å². The molecule has 0 aromatic heterocycles. The fourth-order valence-corrected chi connectivity index (χ4v) is 5.36. The zero-order chi connectivity index (χ0) is 40.4. The van der Waals surface area contributed by atoms with E-state index in [9.17, 15) is 93.0 Å². The Kier molecular flexibility index (Phi) is 18.0. The molecular weight excluding hydrogens is 801 g/mol. The average molecular weight is 833 g/mol. The topological polar surface area (TPSA) is 52.6 Å². The molecule has 0 bridgehead atoms. The summed E-state index contributed by atoms with van der Waals surface area (Å²) in [4.78, 5) is 23.0. The summed E-state index contributed by atoms with van der Waals surface area (Å²) in [6.45, 7) is 0.452. The molecule has 0 aromatic carbocycles. The van der Waals surface area contributed by atoms with Gasteiger partial charge in [0.2, 0.25) is 0 Å². The van der Waals surface area contributed by atoms with E-state index in [2.05, 4.69) is 11.7 Å². The van der Waals surface area contributed by atoms with E-state index in [1.165, 1.54) is 0 Å². The van der Waals surface area contributed by atoms with Crippen LogP contribution < -0.4 is 0 Å². The first-order valence-corrected chi connectivity index (χ1v) is 17.0. The van der Waals surface area contributed by atoms with Crippen molar-refractivity contribution in [1.82, 2.24) is 0 Å². The lowest BCUT2D eigenvalue weighted by molar-refractivity contribution is -0.467. The smallest absolute Gasteiger partial charge is 0.460 e. The van der Waals surface area contributed by atoms with E-state index in [-0.39, 0.29) is 18.8 Å². The molecule has 0 saturated carbocycles. The maximum absolute atomic E-state index is 13.9. The predicted octanol–water partition coefficient (Wildman–Crippen LogP) is 11.0. The number of halogens is 19. The Bertz CT molecular complexity index is 1100. The molecule has 304 valence electrons. The summed E-state index contributed by atoms with van der Waals surface area (Å²) < 4.78 is 262. The molecule has 0 saturated heterocycles. The summed E-state index contributed by atoms with van der Waals surface area (Å²) in [6, 6.07) is 0. The summed E-state index contributed by atoms with van der Waals surface area (Å²) in [5.74, 6) is -73.8. The molecule has 0 radical (unpaired) electrons. The van der Waals surface area contributed by atoms with Crippen LogP contribution in [-0.4, -0.2) is 90.2 Å². The van der Waals surface area contributed by atoms with Gasteiger partial charge < -0.3 is 9.47 Å². The van der Waals surface area contributed by atoms with Crippen molar-refractivity contribution in [1.29, 1.82) is 0 Å². The van der Waals surface area contributed by atoms with Crippen molar-refractivity contribution < 1.29 is 102 Å². The van der Waals surface area contributed by atoms with Crippen molar-refractivity contribution in [2.75, 3.05) is 24.7 Å². The Morgan fingerprint density at radius 2 is 0.784 bits per heavy atom. The third-order valence-electron chi connectivity index (χ3n) is 6.77. The molecule has 0 atom stereocenters. The molecule has 0 rings (SSSR count). The molecule has 0 aliphatic rings. The number of esters is 2. The minimum atomic E-state index is -9.07. The SMILES string of the molecule is CCCCCCCCCCCC(=O)OCCSSCCOC(=O)C(F)(F)C(F)(F)C(F)(F)C(F)(F)C(F)(F)C(F)(F)C(F)(F)C(F)(F)C(F)(F)F. The van der Waals surface area contributed by atoms with Gasteiger partial charge in [-0.25, -0.2) is 4.79 Å². The van der Waals surface area contributed by atoms with Crippen molar-refractivity contribution in [2.24, 2.45) is 0 Å². The average Bonchev–Trinajstić information content (AvgIpc) is 2.99. The van der Waals surface area contributed by atoms with Crippen LogP contribution in [0, 0.1) is 0 Å². The molecule has 0 fully saturated rings. The first-order chi connectivity index (χ1) is 22.9. The van der Waals surface area contributed by atoms with E-state index in [4.69, 9.17) is 4.74 Å². The second-order valence-electron chi connectivity index (χ2n) is 10.7. The Hall–Kier alpha value is -1.69. The van der Waals surface area contributed by atoms with Crippen LogP contribution in [0.15, 0.2) is 0 Å². The highest BCUT2D eigenvalue weighted by Gasteiger charge is 2.97. The third-order valence-corrected chi connectivity index (χ3v) is 9.10. The van der Waals surface area contributed by atoms with Crippen LogP contribution in [0.1, 0.15) is 71.1 Å². The number of carbonyl (C=O) groups is 2. The number of rotatable bonds is 25. The van der Waals surface area contributed by atoms with Gasteiger partial charge in [0, 0.05) is 17.9 Å². The highest BCUT2D eigenvalue weighted by molar-refractivity contribution is 8.76. The number of carbonyl (C=O) groups excluding carboxylic acids is 2. The molecule has 0 spiro atoms. The lowest BCUT2D eigenvalue weighted by Gasteiger charge is -2.43. The van der Waals surface area contributed by atoms with Crippen LogP contribution in [-0.2, 0) is 19.1 Å². The molecule has 25 heteroatoms. The van der Waals surface area contributed by atoms with Gasteiger partial charge >= 0.3 is 65.5 Å². The Labute approximate surface area is 285 Å². The van der Waals surface area contributed by atoms with Gasteiger partial charge in [-0.3, -0.25) is 4.79 Å². The molecular formula is C26H31F19O4S2. The van der Waals surface area contributed by atoms with Gasteiger partial charge in [0.15, 0.2) is 0 Å². The lowest BCUT2D eigenvalue weighted by Crippen LogP contribution is -2.76. The van der Waals surface area contributed by atoms with E-state index < -0.39 is 77.9 Å². The Balaban J connectivity index is 5.14. The van der Waals surface area contributed by atoms with Crippen molar-refractivity contribution in [2.45, 2.75) is 125 Å². The normalized spacial score (nSPS) is 14.5. The van der Waals surface area contributed by atoms with E-state index in [1.807, 2.05) is 0 Å². The summed E-state index contributed by atoms with van der Waals surface area (Å²) in [6.07, 6.45) is 1.03. The summed E-state index contributed by atoms with van der Waals surface area (Å²) in [7, 11) is 1.35.